The SMILES string of the molecule is CNc1ncnc2c1c(-n1cccn1)cn2C1CCC(C(C)=O)O1. The van der Waals surface area contributed by atoms with Gasteiger partial charge in [-0.2, -0.15) is 5.10 Å². The number of hydrogen-bond donors (Lipinski definition) is 1. The minimum absolute atomic E-state index is 0.0619. The van der Waals surface area contributed by atoms with Gasteiger partial charge in [0.15, 0.2) is 5.78 Å². The van der Waals surface area contributed by atoms with Crippen LogP contribution in [0.2, 0.25) is 0 Å². The van der Waals surface area contributed by atoms with Gasteiger partial charge in [0.25, 0.3) is 0 Å². The van der Waals surface area contributed by atoms with Gasteiger partial charge in [0, 0.05) is 25.6 Å². The summed E-state index contributed by atoms with van der Waals surface area (Å²) in [4.78, 5) is 20.3. The Morgan fingerprint density at radius 3 is 2.92 bits per heavy atom. The Kier molecular flexibility index (Phi) is 3.53. The van der Waals surface area contributed by atoms with Gasteiger partial charge in [-0.05, 0) is 25.8 Å². The molecule has 0 spiro atoms. The van der Waals surface area contributed by atoms with Gasteiger partial charge in [0.05, 0.1) is 11.1 Å². The Bertz CT molecular complexity index is 885. The van der Waals surface area contributed by atoms with Crippen LogP contribution in [-0.2, 0) is 9.53 Å². The van der Waals surface area contributed by atoms with Crippen molar-refractivity contribution in [3.63, 3.8) is 0 Å². The van der Waals surface area contributed by atoms with Crippen molar-refractivity contribution in [3.8, 4) is 5.69 Å². The van der Waals surface area contributed by atoms with Crippen LogP contribution in [0.15, 0.2) is 31.0 Å². The first-order valence-electron chi connectivity index (χ1n) is 7.88. The summed E-state index contributed by atoms with van der Waals surface area (Å²) in [6.07, 6.45) is 8.02. The van der Waals surface area contributed by atoms with Gasteiger partial charge in [-0.3, -0.25) is 4.79 Å². The zero-order valence-corrected chi connectivity index (χ0v) is 13.5. The van der Waals surface area contributed by atoms with E-state index in [1.807, 2.05) is 30.1 Å². The van der Waals surface area contributed by atoms with E-state index in [0.717, 1.165) is 35.4 Å². The van der Waals surface area contributed by atoms with Crippen molar-refractivity contribution >= 4 is 22.6 Å². The van der Waals surface area contributed by atoms with Crippen LogP contribution in [0.25, 0.3) is 16.7 Å². The molecule has 0 bridgehead atoms. The lowest BCUT2D eigenvalue weighted by atomic mass is 10.2. The summed E-state index contributed by atoms with van der Waals surface area (Å²) in [6, 6.07) is 1.86. The van der Waals surface area contributed by atoms with E-state index in [0.29, 0.717) is 0 Å². The number of rotatable bonds is 4. The topological polar surface area (TPSA) is 86.9 Å². The molecule has 8 nitrogen and oxygen atoms in total. The molecule has 0 saturated carbocycles. The third-order valence-corrected chi connectivity index (χ3v) is 4.34. The summed E-state index contributed by atoms with van der Waals surface area (Å²) in [7, 11) is 1.82. The monoisotopic (exact) mass is 326 g/mol. The lowest BCUT2D eigenvalue weighted by molar-refractivity contribution is -0.129. The zero-order valence-electron chi connectivity index (χ0n) is 13.5. The lowest BCUT2D eigenvalue weighted by Gasteiger charge is -2.14. The van der Waals surface area contributed by atoms with Crippen molar-refractivity contribution in [2.45, 2.75) is 32.1 Å². The van der Waals surface area contributed by atoms with Crippen molar-refractivity contribution in [2.24, 2.45) is 0 Å². The van der Waals surface area contributed by atoms with Crippen LogP contribution >= 0.6 is 0 Å². The first-order chi connectivity index (χ1) is 11.7. The second-order valence-electron chi connectivity index (χ2n) is 5.81. The molecule has 1 aliphatic heterocycles. The van der Waals surface area contributed by atoms with Crippen LogP contribution < -0.4 is 5.32 Å². The highest BCUT2D eigenvalue weighted by molar-refractivity contribution is 5.95. The molecular weight excluding hydrogens is 308 g/mol. The van der Waals surface area contributed by atoms with Crippen molar-refractivity contribution in [3.05, 3.63) is 31.0 Å². The molecule has 1 N–H and O–H groups in total. The summed E-state index contributed by atoms with van der Waals surface area (Å²) in [5.74, 6) is 0.789. The summed E-state index contributed by atoms with van der Waals surface area (Å²) < 4.78 is 9.67. The lowest BCUT2D eigenvalue weighted by Crippen LogP contribution is -2.17. The molecule has 4 rings (SSSR count). The summed E-state index contributed by atoms with van der Waals surface area (Å²) in [5.41, 5.74) is 1.63. The van der Waals surface area contributed by atoms with Gasteiger partial charge in [0.1, 0.15) is 30.1 Å². The van der Waals surface area contributed by atoms with Crippen molar-refractivity contribution < 1.29 is 9.53 Å². The predicted molar refractivity (Wildman–Crippen MR) is 88.0 cm³/mol. The fourth-order valence-corrected chi connectivity index (χ4v) is 3.18. The number of nitrogens with zero attached hydrogens (tertiary/aromatic N) is 5. The van der Waals surface area contributed by atoms with Crippen molar-refractivity contribution in [2.75, 3.05) is 12.4 Å². The highest BCUT2D eigenvalue weighted by Gasteiger charge is 2.31. The summed E-state index contributed by atoms with van der Waals surface area (Å²) >= 11 is 0. The minimum atomic E-state index is -0.341. The molecule has 2 atom stereocenters. The van der Waals surface area contributed by atoms with E-state index in [1.54, 1.807) is 17.8 Å². The number of ether oxygens (including phenoxy) is 1. The third-order valence-electron chi connectivity index (χ3n) is 4.34. The minimum Gasteiger partial charge on any atom is -0.372 e. The molecule has 24 heavy (non-hydrogen) atoms. The van der Waals surface area contributed by atoms with Crippen LogP contribution in [-0.4, -0.2) is 43.3 Å². The Morgan fingerprint density at radius 2 is 2.25 bits per heavy atom. The normalized spacial score (nSPS) is 20.6. The van der Waals surface area contributed by atoms with Gasteiger partial charge in [-0.1, -0.05) is 0 Å². The maximum absolute atomic E-state index is 11.6. The molecular formula is C16H18N6O2. The van der Waals surface area contributed by atoms with E-state index in [4.69, 9.17) is 4.74 Å². The highest BCUT2D eigenvalue weighted by atomic mass is 16.5. The summed E-state index contributed by atoms with van der Waals surface area (Å²) in [5, 5.41) is 8.30. The Labute approximate surface area is 138 Å². The number of carbonyl (C=O) groups excluding carboxylic acids is 1. The van der Waals surface area contributed by atoms with Crippen LogP contribution in [0.3, 0.4) is 0 Å². The van der Waals surface area contributed by atoms with Gasteiger partial charge in [0.2, 0.25) is 0 Å². The number of hydrogen-bond acceptors (Lipinski definition) is 6. The average Bonchev–Trinajstić information content (AvgIpc) is 3.31. The Hall–Kier alpha value is -2.74. The van der Waals surface area contributed by atoms with Crippen LogP contribution in [0.5, 0.6) is 0 Å². The number of ketones is 1. The third kappa shape index (κ3) is 2.26. The first-order valence-corrected chi connectivity index (χ1v) is 7.88. The van der Waals surface area contributed by atoms with E-state index in [1.165, 1.54) is 6.33 Å². The Morgan fingerprint density at radius 1 is 1.38 bits per heavy atom. The largest absolute Gasteiger partial charge is 0.372 e. The standard InChI is InChI=1S/C16H18N6O2/c1-10(23)12-4-5-13(24-12)21-8-11(22-7-3-6-20-22)14-15(17-2)18-9-19-16(14)21/h3,6-9,12-13H,4-5H2,1-2H3,(H,17,18,19). The maximum Gasteiger partial charge on any atom is 0.158 e. The molecule has 1 aliphatic rings. The first kappa shape index (κ1) is 14.8. The predicted octanol–water partition coefficient (Wildman–Crippen LogP) is 1.93. The number of carbonyl (C=O) groups is 1. The molecule has 0 amide bonds. The smallest absolute Gasteiger partial charge is 0.158 e. The number of fused-ring (bicyclic) bond motifs is 1. The number of nitrogens with one attached hydrogen (secondary N) is 1. The van der Waals surface area contributed by atoms with E-state index in [-0.39, 0.29) is 18.1 Å². The van der Waals surface area contributed by atoms with E-state index < -0.39 is 0 Å². The molecule has 4 heterocycles. The van der Waals surface area contributed by atoms with E-state index in [2.05, 4.69) is 20.4 Å². The number of anilines is 1. The van der Waals surface area contributed by atoms with Gasteiger partial charge in [-0.25, -0.2) is 14.6 Å². The molecule has 3 aromatic heterocycles. The second-order valence-corrected chi connectivity index (χ2v) is 5.81. The van der Waals surface area contributed by atoms with Crippen molar-refractivity contribution in [1.29, 1.82) is 0 Å². The molecule has 8 heteroatoms. The van der Waals surface area contributed by atoms with E-state index >= 15 is 0 Å². The molecule has 0 aromatic carbocycles. The maximum atomic E-state index is 11.6. The second kappa shape index (κ2) is 5.72. The summed E-state index contributed by atoms with van der Waals surface area (Å²) in [6.45, 7) is 1.57. The molecule has 0 radical (unpaired) electrons. The fourth-order valence-electron chi connectivity index (χ4n) is 3.18. The molecule has 124 valence electrons. The zero-order chi connectivity index (χ0) is 16.7. The van der Waals surface area contributed by atoms with Gasteiger partial charge in [-0.15, -0.1) is 0 Å². The van der Waals surface area contributed by atoms with Crippen LogP contribution in [0.1, 0.15) is 26.0 Å². The quantitative estimate of drug-likeness (QED) is 0.788. The van der Waals surface area contributed by atoms with Gasteiger partial charge >= 0.3 is 0 Å². The molecule has 1 fully saturated rings. The number of aromatic nitrogens is 5. The fraction of sp³-hybridized carbons (Fsp3) is 0.375. The molecule has 0 aliphatic carbocycles. The average molecular weight is 326 g/mol. The highest BCUT2D eigenvalue weighted by Crippen LogP contribution is 2.35. The number of Topliss-reactive ketones (excluding diaryl/α,β-unsaturated/α-hetero) is 1. The molecule has 1 saturated heterocycles. The molecule has 2 unspecified atom stereocenters. The Balaban J connectivity index is 1.87. The van der Waals surface area contributed by atoms with Crippen LogP contribution in [0, 0.1) is 0 Å². The molecule has 3 aromatic rings. The van der Waals surface area contributed by atoms with Crippen molar-refractivity contribution in [1.82, 2.24) is 24.3 Å². The van der Waals surface area contributed by atoms with Gasteiger partial charge < -0.3 is 14.6 Å². The van der Waals surface area contributed by atoms with E-state index in [9.17, 15) is 4.79 Å². The van der Waals surface area contributed by atoms with Crippen LogP contribution in [0.4, 0.5) is 5.82 Å².